The molecule has 0 fully saturated rings. The first-order valence-corrected chi connectivity index (χ1v) is 12.8. The van der Waals surface area contributed by atoms with E-state index in [9.17, 15) is 8.42 Å². The average molecular weight is 576 g/mol. The van der Waals surface area contributed by atoms with Crippen LogP contribution in [-0.4, -0.2) is 46.0 Å². The Morgan fingerprint density at radius 3 is 2.68 bits per heavy atom. The second-order valence-electron chi connectivity index (χ2n) is 7.89. The first-order chi connectivity index (χ1) is 14.5. The summed E-state index contributed by atoms with van der Waals surface area (Å²) in [6.45, 7) is 5.74. The number of benzene rings is 1. The topological polar surface area (TPSA) is 134 Å². The number of rotatable bonds is 6. The summed E-state index contributed by atoms with van der Waals surface area (Å²) in [6, 6.07) is 3.77. The van der Waals surface area contributed by atoms with Gasteiger partial charge in [-0.15, -0.1) is 0 Å². The van der Waals surface area contributed by atoms with Crippen molar-refractivity contribution < 1.29 is 17.9 Å². The number of nitrogens with two attached hydrogens (primary N) is 1. The Bertz CT molecular complexity index is 1260. The van der Waals surface area contributed by atoms with Crippen molar-refractivity contribution in [2.24, 2.45) is 0 Å². The standard InChI is InChI=1S/C18H21IN6O4S2/c1-18(2,3)24-31(26,27)5-4-25-16-14(15(20)21-8-22-16)23-17(25)30-13-7-12-11(6-10(13)19)28-9-29-12/h6-8,24H,4-5,9H2,1-3H3,(H2,20,21,22). The maximum absolute atomic E-state index is 12.6. The fourth-order valence-electron chi connectivity index (χ4n) is 3.02. The van der Waals surface area contributed by atoms with Crippen LogP contribution in [0, 0.1) is 3.57 Å². The number of aryl methyl sites for hydroxylation is 1. The van der Waals surface area contributed by atoms with Crippen molar-refractivity contribution in [1.29, 1.82) is 0 Å². The molecule has 10 nitrogen and oxygen atoms in total. The number of halogens is 1. The molecule has 0 aliphatic carbocycles. The molecule has 3 heterocycles. The minimum atomic E-state index is -3.52. The lowest BCUT2D eigenvalue weighted by Gasteiger charge is -2.20. The van der Waals surface area contributed by atoms with Crippen LogP contribution in [0.1, 0.15) is 20.8 Å². The van der Waals surface area contributed by atoms with Gasteiger partial charge in [0.1, 0.15) is 6.33 Å². The number of hydrogen-bond donors (Lipinski definition) is 2. The first-order valence-electron chi connectivity index (χ1n) is 9.28. The van der Waals surface area contributed by atoms with Crippen LogP contribution in [0.2, 0.25) is 0 Å². The van der Waals surface area contributed by atoms with Crippen LogP contribution in [-0.2, 0) is 16.6 Å². The van der Waals surface area contributed by atoms with Crippen LogP contribution < -0.4 is 19.9 Å². The molecule has 2 aromatic heterocycles. The van der Waals surface area contributed by atoms with E-state index in [2.05, 4.69) is 42.3 Å². The molecule has 0 bridgehead atoms. The molecule has 1 aliphatic heterocycles. The van der Waals surface area contributed by atoms with Crippen LogP contribution in [0.4, 0.5) is 5.82 Å². The Labute approximate surface area is 197 Å². The van der Waals surface area contributed by atoms with E-state index in [0.29, 0.717) is 27.8 Å². The van der Waals surface area contributed by atoms with E-state index >= 15 is 0 Å². The third kappa shape index (κ3) is 4.99. The Hall–Kier alpha value is -1.84. The summed E-state index contributed by atoms with van der Waals surface area (Å²) in [4.78, 5) is 13.8. The van der Waals surface area contributed by atoms with Crippen LogP contribution in [0.25, 0.3) is 11.2 Å². The Kier molecular flexibility index (Phi) is 5.95. The van der Waals surface area contributed by atoms with Gasteiger partial charge in [-0.2, -0.15) is 0 Å². The number of anilines is 1. The molecule has 0 unspecified atom stereocenters. The zero-order chi connectivity index (χ0) is 22.4. The smallest absolute Gasteiger partial charge is 0.231 e. The van der Waals surface area contributed by atoms with Crippen molar-refractivity contribution in [2.45, 2.75) is 42.9 Å². The number of fused-ring (bicyclic) bond motifs is 2. The number of nitrogen functional groups attached to an aromatic ring is 1. The number of aromatic nitrogens is 4. The predicted octanol–water partition coefficient (Wildman–Crippen LogP) is 2.61. The minimum Gasteiger partial charge on any atom is -0.454 e. The van der Waals surface area contributed by atoms with Gasteiger partial charge in [-0.25, -0.2) is 28.1 Å². The molecule has 3 N–H and O–H groups in total. The fraction of sp³-hybridized carbons (Fsp3) is 0.389. The fourth-order valence-corrected chi connectivity index (χ4v) is 6.19. The molecule has 0 amide bonds. The van der Waals surface area contributed by atoms with Crippen molar-refractivity contribution in [3.05, 3.63) is 22.0 Å². The summed E-state index contributed by atoms with van der Waals surface area (Å²) in [5.41, 5.74) is 6.34. The van der Waals surface area contributed by atoms with Crippen LogP contribution >= 0.6 is 34.4 Å². The van der Waals surface area contributed by atoms with Crippen LogP contribution in [0.3, 0.4) is 0 Å². The van der Waals surface area contributed by atoms with Crippen molar-refractivity contribution in [3.8, 4) is 11.5 Å². The van der Waals surface area contributed by atoms with Gasteiger partial charge in [-0.05, 0) is 55.5 Å². The highest BCUT2D eigenvalue weighted by atomic mass is 127. The molecule has 0 spiro atoms. The zero-order valence-corrected chi connectivity index (χ0v) is 20.8. The van der Waals surface area contributed by atoms with Crippen LogP contribution in [0.5, 0.6) is 11.5 Å². The van der Waals surface area contributed by atoms with E-state index in [1.807, 2.05) is 12.1 Å². The second-order valence-corrected chi connectivity index (χ2v) is 11.9. The molecule has 1 aromatic carbocycles. The number of sulfonamides is 1. The molecule has 3 aromatic rings. The SMILES string of the molecule is CC(C)(C)NS(=O)(=O)CCn1c(Sc2cc3c(cc2I)OCO3)nc2c(N)ncnc21. The van der Waals surface area contributed by atoms with Crippen molar-refractivity contribution in [2.75, 3.05) is 18.3 Å². The summed E-state index contributed by atoms with van der Waals surface area (Å²) in [7, 11) is -3.52. The highest BCUT2D eigenvalue weighted by Gasteiger charge is 2.24. The molecule has 0 saturated heterocycles. The Morgan fingerprint density at radius 1 is 1.26 bits per heavy atom. The molecule has 4 rings (SSSR count). The Balaban J connectivity index is 1.70. The number of ether oxygens (including phenoxy) is 2. The molecule has 13 heteroatoms. The monoisotopic (exact) mass is 576 g/mol. The van der Waals surface area contributed by atoms with Gasteiger partial charge >= 0.3 is 0 Å². The lowest BCUT2D eigenvalue weighted by atomic mass is 10.1. The molecule has 0 atom stereocenters. The molecule has 31 heavy (non-hydrogen) atoms. The largest absolute Gasteiger partial charge is 0.454 e. The molecule has 0 saturated carbocycles. The van der Waals surface area contributed by atoms with Gasteiger partial charge in [-0.1, -0.05) is 11.8 Å². The predicted molar refractivity (Wildman–Crippen MR) is 126 cm³/mol. The number of hydrogen-bond acceptors (Lipinski definition) is 9. The third-order valence-electron chi connectivity index (χ3n) is 4.20. The molecular formula is C18H21IN6O4S2. The van der Waals surface area contributed by atoms with Crippen molar-refractivity contribution in [1.82, 2.24) is 24.2 Å². The van der Waals surface area contributed by atoms with Crippen molar-refractivity contribution >= 4 is 61.4 Å². The van der Waals surface area contributed by atoms with Gasteiger partial charge in [0.05, 0.1) is 5.75 Å². The Morgan fingerprint density at radius 2 is 1.97 bits per heavy atom. The lowest BCUT2D eigenvalue weighted by Crippen LogP contribution is -2.42. The van der Waals surface area contributed by atoms with Crippen molar-refractivity contribution in [3.63, 3.8) is 0 Å². The summed E-state index contributed by atoms with van der Waals surface area (Å²) < 4.78 is 41.4. The second kappa shape index (κ2) is 8.26. The van der Waals surface area contributed by atoms with E-state index in [4.69, 9.17) is 15.2 Å². The molecule has 166 valence electrons. The first kappa shape index (κ1) is 22.4. The average Bonchev–Trinajstić information content (AvgIpc) is 3.23. The summed E-state index contributed by atoms with van der Waals surface area (Å²) >= 11 is 3.59. The van der Waals surface area contributed by atoms with Gasteiger partial charge in [0, 0.05) is 20.5 Å². The highest BCUT2D eigenvalue weighted by molar-refractivity contribution is 14.1. The van der Waals surface area contributed by atoms with E-state index in [0.717, 1.165) is 8.47 Å². The van der Waals surface area contributed by atoms with Gasteiger partial charge in [0.25, 0.3) is 0 Å². The third-order valence-corrected chi connectivity index (χ3v) is 8.15. The van der Waals surface area contributed by atoms with E-state index in [1.165, 1.54) is 18.1 Å². The lowest BCUT2D eigenvalue weighted by molar-refractivity contribution is 0.174. The minimum absolute atomic E-state index is 0.134. The van der Waals surface area contributed by atoms with Crippen LogP contribution in [0.15, 0.2) is 28.5 Å². The van der Waals surface area contributed by atoms with Gasteiger partial charge in [-0.3, -0.25) is 0 Å². The zero-order valence-electron chi connectivity index (χ0n) is 17.0. The summed E-state index contributed by atoms with van der Waals surface area (Å²) in [5.74, 6) is 1.45. The van der Waals surface area contributed by atoms with E-state index < -0.39 is 15.6 Å². The number of imidazole rings is 1. The highest BCUT2D eigenvalue weighted by Crippen LogP contribution is 2.41. The normalized spacial score (nSPS) is 13.8. The molecular weight excluding hydrogens is 555 g/mol. The van der Waals surface area contributed by atoms with E-state index in [-0.39, 0.29) is 24.9 Å². The van der Waals surface area contributed by atoms with E-state index in [1.54, 1.807) is 25.3 Å². The molecule has 1 aliphatic rings. The summed E-state index contributed by atoms with van der Waals surface area (Å²) in [5, 5.41) is 0.560. The summed E-state index contributed by atoms with van der Waals surface area (Å²) in [6.07, 6.45) is 1.34. The van der Waals surface area contributed by atoms with Gasteiger partial charge in [0.15, 0.2) is 33.6 Å². The van der Waals surface area contributed by atoms with Gasteiger partial charge < -0.3 is 19.8 Å². The molecule has 0 radical (unpaired) electrons. The maximum atomic E-state index is 12.6. The number of nitrogens with one attached hydrogen (secondary N) is 1. The quantitative estimate of drug-likeness (QED) is 0.425. The van der Waals surface area contributed by atoms with Gasteiger partial charge in [0.2, 0.25) is 16.8 Å². The maximum Gasteiger partial charge on any atom is 0.231 e. The number of nitrogens with zero attached hydrogens (tertiary/aromatic N) is 4.